The van der Waals surface area contributed by atoms with Gasteiger partial charge in [0.05, 0.1) is 52.9 Å². The van der Waals surface area contributed by atoms with E-state index >= 15 is 0 Å². The first-order valence-corrected chi connectivity index (χ1v) is 10.2. The number of hydrogen-bond acceptors (Lipinski definition) is 8. The molecule has 182 valence electrons. The molecule has 0 spiro atoms. The summed E-state index contributed by atoms with van der Waals surface area (Å²) in [6.07, 6.45) is 2.36. The average Bonchev–Trinajstić information content (AvgIpc) is 2.80. The summed E-state index contributed by atoms with van der Waals surface area (Å²) in [6.45, 7) is 10.3. The summed E-state index contributed by atoms with van der Waals surface area (Å²) in [6, 6.07) is 0. The second-order valence-electron chi connectivity index (χ2n) is 5.95. The van der Waals surface area contributed by atoms with Gasteiger partial charge >= 0.3 is 11.8 Å². The molecule has 4 N–H and O–H groups in total. The van der Waals surface area contributed by atoms with Crippen molar-refractivity contribution in [2.45, 2.75) is 0 Å². The molecule has 0 aliphatic rings. The molecule has 0 saturated heterocycles. The Morgan fingerprint density at radius 3 is 1.06 bits per heavy atom. The molecule has 0 aliphatic heterocycles. The van der Waals surface area contributed by atoms with Gasteiger partial charge in [-0.25, -0.2) is 0 Å². The van der Waals surface area contributed by atoms with E-state index in [-0.39, 0.29) is 38.1 Å². The smallest absolute Gasteiger partial charge is 0.309 e. The van der Waals surface area contributed by atoms with Crippen molar-refractivity contribution in [2.24, 2.45) is 0 Å². The normalized spacial score (nSPS) is 10.1. The second kappa shape index (κ2) is 21.4. The molecule has 0 aromatic rings. The SMILES string of the molecule is C=CC(=O)NCCOCCOCCNC(=O)C(=O)NCCOCCOCCNC(=O)C=C. The molecular formula is C20H34N4O8. The standard InChI is InChI=1S/C20H34N4O8/c1-3-17(25)21-5-9-29-13-15-31-11-7-23-19(27)20(28)24-8-12-32-16-14-30-10-6-22-18(26)4-2/h3-4H,1-2,5-16H2,(H,21,25)(H,22,26)(H,23,27)(H,24,28). The highest BCUT2D eigenvalue weighted by atomic mass is 16.5. The molecule has 0 aromatic carbocycles. The van der Waals surface area contributed by atoms with Crippen molar-refractivity contribution in [1.82, 2.24) is 21.3 Å². The predicted octanol–water partition coefficient (Wildman–Crippen LogP) is -2.11. The van der Waals surface area contributed by atoms with Crippen LogP contribution in [0.25, 0.3) is 0 Å². The molecule has 12 heteroatoms. The lowest BCUT2D eigenvalue weighted by molar-refractivity contribution is -0.139. The molecule has 0 fully saturated rings. The Kier molecular flexibility index (Phi) is 19.6. The zero-order chi connectivity index (χ0) is 23.9. The highest BCUT2D eigenvalue weighted by Crippen LogP contribution is 1.81. The number of carbonyl (C=O) groups is 4. The third kappa shape index (κ3) is 19.2. The van der Waals surface area contributed by atoms with E-state index in [0.717, 1.165) is 0 Å². The molecule has 0 aromatic heterocycles. The lowest BCUT2D eigenvalue weighted by Crippen LogP contribution is -2.42. The number of ether oxygens (including phenoxy) is 4. The molecular weight excluding hydrogens is 424 g/mol. The minimum atomic E-state index is -0.757. The van der Waals surface area contributed by atoms with Gasteiger partial charge in [0.1, 0.15) is 0 Å². The van der Waals surface area contributed by atoms with Crippen LogP contribution < -0.4 is 21.3 Å². The van der Waals surface area contributed by atoms with Gasteiger partial charge in [-0.2, -0.15) is 0 Å². The van der Waals surface area contributed by atoms with Gasteiger partial charge in [0.25, 0.3) is 0 Å². The minimum absolute atomic E-state index is 0.183. The van der Waals surface area contributed by atoms with E-state index < -0.39 is 11.8 Å². The molecule has 0 rings (SSSR count). The Bertz CT molecular complexity index is 536. The van der Waals surface area contributed by atoms with E-state index in [9.17, 15) is 19.2 Å². The fourth-order valence-electron chi connectivity index (χ4n) is 1.92. The maximum atomic E-state index is 11.6. The topological polar surface area (TPSA) is 153 Å². The first-order chi connectivity index (χ1) is 15.5. The van der Waals surface area contributed by atoms with Gasteiger partial charge in [-0.05, 0) is 12.2 Å². The number of nitrogens with one attached hydrogen (secondary N) is 4. The van der Waals surface area contributed by atoms with E-state index in [4.69, 9.17) is 18.9 Å². The van der Waals surface area contributed by atoms with Crippen LogP contribution in [0.1, 0.15) is 0 Å². The summed E-state index contributed by atoms with van der Waals surface area (Å²) >= 11 is 0. The van der Waals surface area contributed by atoms with Crippen LogP contribution in [0.5, 0.6) is 0 Å². The van der Waals surface area contributed by atoms with E-state index in [1.165, 1.54) is 12.2 Å². The highest BCUT2D eigenvalue weighted by molar-refractivity contribution is 6.35. The van der Waals surface area contributed by atoms with Crippen molar-refractivity contribution in [3.05, 3.63) is 25.3 Å². The van der Waals surface area contributed by atoms with Crippen LogP contribution in [0.2, 0.25) is 0 Å². The van der Waals surface area contributed by atoms with Crippen molar-refractivity contribution in [1.29, 1.82) is 0 Å². The van der Waals surface area contributed by atoms with Crippen LogP contribution >= 0.6 is 0 Å². The second-order valence-corrected chi connectivity index (χ2v) is 5.95. The van der Waals surface area contributed by atoms with Crippen LogP contribution in [-0.4, -0.2) is 103 Å². The van der Waals surface area contributed by atoms with Crippen molar-refractivity contribution in [3.63, 3.8) is 0 Å². The van der Waals surface area contributed by atoms with Gasteiger partial charge < -0.3 is 40.2 Å². The van der Waals surface area contributed by atoms with Crippen LogP contribution in [0.4, 0.5) is 0 Å². The van der Waals surface area contributed by atoms with E-state index in [0.29, 0.717) is 52.7 Å². The predicted molar refractivity (Wildman–Crippen MR) is 116 cm³/mol. The molecule has 12 nitrogen and oxygen atoms in total. The first-order valence-electron chi connectivity index (χ1n) is 10.2. The molecule has 0 saturated carbocycles. The maximum absolute atomic E-state index is 11.6. The number of hydrogen-bond donors (Lipinski definition) is 4. The lowest BCUT2D eigenvalue weighted by Gasteiger charge is -2.09. The summed E-state index contributed by atoms with van der Waals surface area (Å²) in [5, 5.41) is 10.0. The third-order valence-electron chi connectivity index (χ3n) is 3.48. The fourth-order valence-corrected chi connectivity index (χ4v) is 1.92. The molecule has 0 unspecified atom stereocenters. The van der Waals surface area contributed by atoms with E-state index in [1.807, 2.05) is 0 Å². The molecule has 0 bridgehead atoms. The van der Waals surface area contributed by atoms with Crippen LogP contribution in [0, 0.1) is 0 Å². The van der Waals surface area contributed by atoms with Gasteiger partial charge in [-0.1, -0.05) is 13.2 Å². The zero-order valence-electron chi connectivity index (χ0n) is 18.3. The lowest BCUT2D eigenvalue weighted by atomic mass is 10.5. The summed E-state index contributed by atoms with van der Waals surface area (Å²) in [7, 11) is 0. The fraction of sp³-hybridized carbons (Fsp3) is 0.600. The van der Waals surface area contributed by atoms with Gasteiger partial charge in [0.2, 0.25) is 11.8 Å². The van der Waals surface area contributed by atoms with Crippen molar-refractivity contribution in [2.75, 3.05) is 79.0 Å². The molecule has 0 radical (unpaired) electrons. The number of rotatable bonds is 20. The Balaban J connectivity index is 3.40. The summed E-state index contributed by atoms with van der Waals surface area (Å²) < 4.78 is 21.0. The molecule has 0 aliphatic carbocycles. The largest absolute Gasteiger partial charge is 0.377 e. The maximum Gasteiger partial charge on any atom is 0.309 e. The van der Waals surface area contributed by atoms with Crippen molar-refractivity contribution >= 4 is 23.6 Å². The average molecular weight is 459 g/mol. The van der Waals surface area contributed by atoms with E-state index in [1.54, 1.807) is 0 Å². The number of carbonyl (C=O) groups excluding carboxylic acids is 4. The quantitative estimate of drug-likeness (QED) is 0.0919. The summed E-state index contributed by atoms with van der Waals surface area (Å²) in [4.78, 5) is 45.0. The Labute approximate surface area is 188 Å². The van der Waals surface area contributed by atoms with Crippen molar-refractivity contribution in [3.8, 4) is 0 Å². The van der Waals surface area contributed by atoms with Crippen molar-refractivity contribution < 1.29 is 38.1 Å². The highest BCUT2D eigenvalue weighted by Gasteiger charge is 2.11. The van der Waals surface area contributed by atoms with Crippen LogP contribution in [0.15, 0.2) is 25.3 Å². The Hall–Kier alpha value is -2.80. The number of amides is 4. The molecule has 0 heterocycles. The van der Waals surface area contributed by atoms with Gasteiger partial charge in [0.15, 0.2) is 0 Å². The Morgan fingerprint density at radius 2 is 0.781 bits per heavy atom. The molecule has 4 amide bonds. The van der Waals surface area contributed by atoms with Gasteiger partial charge in [-0.3, -0.25) is 19.2 Å². The van der Waals surface area contributed by atoms with Gasteiger partial charge in [-0.15, -0.1) is 0 Å². The van der Waals surface area contributed by atoms with Crippen LogP contribution in [-0.2, 0) is 38.1 Å². The van der Waals surface area contributed by atoms with E-state index in [2.05, 4.69) is 34.4 Å². The Morgan fingerprint density at radius 1 is 0.500 bits per heavy atom. The zero-order valence-corrected chi connectivity index (χ0v) is 18.3. The monoisotopic (exact) mass is 458 g/mol. The minimum Gasteiger partial charge on any atom is -0.377 e. The summed E-state index contributed by atoms with van der Waals surface area (Å²) in [5.41, 5.74) is 0. The van der Waals surface area contributed by atoms with Crippen LogP contribution in [0.3, 0.4) is 0 Å². The molecule has 32 heavy (non-hydrogen) atoms. The van der Waals surface area contributed by atoms with Gasteiger partial charge in [0, 0.05) is 26.2 Å². The first kappa shape index (κ1) is 29.2. The summed E-state index contributed by atoms with van der Waals surface area (Å²) in [5.74, 6) is -2.03. The third-order valence-corrected chi connectivity index (χ3v) is 3.48. The molecule has 0 atom stereocenters.